The van der Waals surface area contributed by atoms with Gasteiger partial charge < -0.3 is 9.73 Å². The van der Waals surface area contributed by atoms with Crippen LogP contribution in [0.15, 0.2) is 53.5 Å². The van der Waals surface area contributed by atoms with Crippen molar-refractivity contribution in [1.82, 2.24) is 24.5 Å². The Morgan fingerprint density at radius 1 is 1.18 bits per heavy atom. The molecule has 10 heteroatoms. The average molecular weight is 459 g/mol. The topological polar surface area (TPSA) is 90.8 Å². The van der Waals surface area contributed by atoms with Gasteiger partial charge in [0.15, 0.2) is 12.0 Å². The van der Waals surface area contributed by atoms with Gasteiger partial charge in [-0.2, -0.15) is 10.2 Å². The van der Waals surface area contributed by atoms with E-state index < -0.39 is 6.43 Å². The van der Waals surface area contributed by atoms with Gasteiger partial charge in [0, 0.05) is 20.3 Å². The summed E-state index contributed by atoms with van der Waals surface area (Å²) in [7, 11) is 3.40. The molecule has 1 N–H and O–H groups in total. The summed E-state index contributed by atoms with van der Waals surface area (Å²) >= 11 is 0. The van der Waals surface area contributed by atoms with Crippen molar-refractivity contribution in [3.63, 3.8) is 0 Å². The van der Waals surface area contributed by atoms with Crippen molar-refractivity contribution in [2.24, 2.45) is 7.05 Å². The lowest BCUT2D eigenvalue weighted by atomic mass is 10.1. The number of oxazole rings is 1. The molecule has 0 aliphatic heterocycles. The largest absolute Gasteiger partial charge is 0.444 e. The summed E-state index contributed by atoms with van der Waals surface area (Å²) in [5, 5.41) is 10.6. The van der Waals surface area contributed by atoms with E-state index in [0.29, 0.717) is 23.6 Å². The Bertz CT molecular complexity index is 1130. The van der Waals surface area contributed by atoms with E-state index in [2.05, 4.69) is 27.4 Å². The standard InChI is InChI=1S/C13H15F2N3.C8H7N3O2.C2H6/c1-3-9-4-6-10(7-5-9)18-8-11(16-2)12(17-18)13(14)15;1-11-3-6(2-9-11)8-10-7(4-12)5-13-8;1-2/h4-8,13,16H,3H2,1-2H3;2-5H,1H3;1-2H3. The smallest absolute Gasteiger partial charge is 0.284 e. The Labute approximate surface area is 191 Å². The van der Waals surface area contributed by atoms with Crippen molar-refractivity contribution >= 4 is 12.0 Å². The van der Waals surface area contributed by atoms with Crippen molar-refractivity contribution in [2.75, 3.05) is 12.4 Å². The van der Waals surface area contributed by atoms with Gasteiger partial charge in [0.25, 0.3) is 6.43 Å². The Kier molecular flexibility index (Phi) is 9.46. The van der Waals surface area contributed by atoms with Gasteiger partial charge in [-0.25, -0.2) is 18.4 Å². The van der Waals surface area contributed by atoms with E-state index in [1.165, 1.54) is 16.5 Å². The maximum atomic E-state index is 12.7. The van der Waals surface area contributed by atoms with E-state index in [0.717, 1.165) is 17.7 Å². The molecular weight excluding hydrogens is 430 g/mol. The van der Waals surface area contributed by atoms with Crippen LogP contribution in [0.4, 0.5) is 14.5 Å². The molecule has 0 radical (unpaired) electrons. The molecule has 0 unspecified atom stereocenters. The second-order valence-electron chi connectivity index (χ2n) is 6.54. The van der Waals surface area contributed by atoms with Gasteiger partial charge in [-0.05, 0) is 24.1 Å². The molecule has 3 heterocycles. The predicted octanol–water partition coefficient (Wildman–Crippen LogP) is 5.33. The van der Waals surface area contributed by atoms with Crippen molar-refractivity contribution < 1.29 is 18.0 Å². The predicted molar refractivity (Wildman–Crippen MR) is 123 cm³/mol. The first-order chi connectivity index (χ1) is 15.9. The van der Waals surface area contributed by atoms with Gasteiger partial charge in [0.1, 0.15) is 12.0 Å². The molecule has 0 spiro atoms. The fraction of sp³-hybridized carbons (Fsp3) is 0.304. The second kappa shape index (κ2) is 12.3. The number of aldehydes is 1. The third-order valence-electron chi connectivity index (χ3n) is 4.42. The van der Waals surface area contributed by atoms with Crippen LogP contribution in [0.5, 0.6) is 0 Å². The first kappa shape index (κ1) is 25.4. The van der Waals surface area contributed by atoms with Gasteiger partial charge in [-0.1, -0.05) is 32.9 Å². The first-order valence-electron chi connectivity index (χ1n) is 10.5. The van der Waals surface area contributed by atoms with Gasteiger partial charge >= 0.3 is 0 Å². The number of benzene rings is 1. The second-order valence-corrected chi connectivity index (χ2v) is 6.54. The molecule has 33 heavy (non-hydrogen) atoms. The highest BCUT2D eigenvalue weighted by Crippen LogP contribution is 2.26. The van der Waals surface area contributed by atoms with Gasteiger partial charge in [0.05, 0.1) is 29.3 Å². The number of nitrogens with one attached hydrogen (secondary N) is 1. The number of carbonyl (C=O) groups is 1. The zero-order chi connectivity index (χ0) is 24.4. The fourth-order valence-electron chi connectivity index (χ4n) is 2.76. The molecule has 3 aromatic heterocycles. The van der Waals surface area contributed by atoms with E-state index in [1.54, 1.807) is 37.4 Å². The van der Waals surface area contributed by atoms with Crippen molar-refractivity contribution in [2.45, 2.75) is 33.6 Å². The third-order valence-corrected chi connectivity index (χ3v) is 4.42. The van der Waals surface area contributed by atoms with Crippen LogP contribution in [-0.2, 0) is 13.5 Å². The third kappa shape index (κ3) is 6.58. The van der Waals surface area contributed by atoms with Crippen molar-refractivity contribution in [3.8, 4) is 17.1 Å². The zero-order valence-electron chi connectivity index (χ0n) is 19.3. The summed E-state index contributed by atoms with van der Waals surface area (Å²) < 4.78 is 33.7. The average Bonchev–Trinajstić information content (AvgIpc) is 3.60. The quantitative estimate of drug-likeness (QED) is 0.393. The minimum absolute atomic E-state index is 0.225. The molecule has 0 saturated heterocycles. The van der Waals surface area contributed by atoms with Crippen LogP contribution in [0.2, 0.25) is 0 Å². The zero-order valence-corrected chi connectivity index (χ0v) is 19.3. The van der Waals surface area contributed by atoms with Gasteiger partial charge in [-0.3, -0.25) is 9.48 Å². The highest BCUT2D eigenvalue weighted by molar-refractivity contribution is 5.72. The van der Waals surface area contributed by atoms with E-state index in [9.17, 15) is 13.6 Å². The Morgan fingerprint density at radius 2 is 1.88 bits per heavy atom. The molecule has 0 amide bonds. The number of rotatable bonds is 6. The summed E-state index contributed by atoms with van der Waals surface area (Å²) in [4.78, 5) is 14.2. The molecule has 176 valence electrons. The molecule has 4 aromatic rings. The number of nitrogens with zero attached hydrogens (tertiary/aromatic N) is 5. The van der Waals surface area contributed by atoms with E-state index in [1.807, 2.05) is 38.1 Å². The molecule has 0 fully saturated rings. The van der Waals surface area contributed by atoms with Crippen LogP contribution >= 0.6 is 0 Å². The fourth-order valence-corrected chi connectivity index (χ4v) is 2.76. The molecule has 0 atom stereocenters. The maximum Gasteiger partial charge on any atom is 0.284 e. The first-order valence-corrected chi connectivity index (χ1v) is 10.5. The number of alkyl halides is 2. The SMILES string of the molecule is CC.CCc1ccc(-n2cc(NC)c(C(F)F)n2)cc1.Cn1cc(-c2nc(C=O)co2)cn1. The van der Waals surface area contributed by atoms with Crippen LogP contribution in [-0.4, -0.2) is 37.9 Å². The minimum Gasteiger partial charge on any atom is -0.444 e. The van der Waals surface area contributed by atoms with Crippen molar-refractivity contribution in [1.29, 1.82) is 0 Å². The van der Waals surface area contributed by atoms with Gasteiger partial charge in [0.2, 0.25) is 5.89 Å². The van der Waals surface area contributed by atoms with Gasteiger partial charge in [-0.15, -0.1) is 0 Å². The van der Waals surface area contributed by atoms with E-state index >= 15 is 0 Å². The number of aryl methyl sites for hydroxylation is 2. The Morgan fingerprint density at radius 3 is 2.33 bits per heavy atom. The summed E-state index contributed by atoms with van der Waals surface area (Å²) in [6.07, 6.45) is 5.29. The number of hydrogen-bond donors (Lipinski definition) is 1. The Balaban J connectivity index is 0.000000227. The maximum absolute atomic E-state index is 12.7. The summed E-state index contributed by atoms with van der Waals surface area (Å²) in [5.74, 6) is 0.412. The summed E-state index contributed by atoms with van der Waals surface area (Å²) in [6.45, 7) is 6.07. The number of hydrogen-bond acceptors (Lipinski definition) is 6. The van der Waals surface area contributed by atoms with Crippen LogP contribution in [0.1, 0.15) is 48.9 Å². The van der Waals surface area contributed by atoms with Crippen LogP contribution in [0.25, 0.3) is 17.1 Å². The van der Waals surface area contributed by atoms with E-state index in [4.69, 9.17) is 4.42 Å². The monoisotopic (exact) mass is 458 g/mol. The number of anilines is 1. The number of aromatic nitrogens is 5. The number of carbonyl (C=O) groups excluding carboxylic acids is 1. The Hall–Kier alpha value is -3.82. The molecule has 0 aliphatic rings. The lowest BCUT2D eigenvalue weighted by molar-refractivity contribution is 0.111. The normalized spacial score (nSPS) is 10.2. The van der Waals surface area contributed by atoms with Crippen molar-refractivity contribution in [3.05, 3.63) is 66.1 Å². The molecule has 0 saturated carbocycles. The molecular formula is C23H28F2N6O2. The molecule has 0 aliphatic carbocycles. The highest BCUT2D eigenvalue weighted by atomic mass is 19.3. The molecule has 1 aromatic carbocycles. The lowest BCUT2D eigenvalue weighted by Gasteiger charge is -2.02. The highest BCUT2D eigenvalue weighted by Gasteiger charge is 2.17. The molecule has 8 nitrogen and oxygen atoms in total. The summed E-state index contributed by atoms with van der Waals surface area (Å²) in [6, 6.07) is 7.69. The van der Waals surface area contributed by atoms with Crippen LogP contribution < -0.4 is 5.32 Å². The summed E-state index contributed by atoms with van der Waals surface area (Å²) in [5.41, 5.74) is 3.15. The minimum atomic E-state index is -2.58. The van der Waals surface area contributed by atoms with Crippen LogP contribution in [0, 0.1) is 0 Å². The lowest BCUT2D eigenvalue weighted by Crippen LogP contribution is -1.96. The van der Waals surface area contributed by atoms with E-state index in [-0.39, 0.29) is 5.69 Å². The molecule has 0 bridgehead atoms. The number of halogens is 2. The molecule has 4 rings (SSSR count). The van der Waals surface area contributed by atoms with Crippen LogP contribution in [0.3, 0.4) is 0 Å².